The van der Waals surface area contributed by atoms with Crippen LogP contribution < -0.4 is 0 Å². The molecule has 100 valence electrons. The molecule has 3 heteroatoms. The predicted octanol–water partition coefficient (Wildman–Crippen LogP) is 2.85. The molecule has 0 aliphatic carbocycles. The summed E-state index contributed by atoms with van der Waals surface area (Å²) in [7, 11) is 0. The Morgan fingerprint density at radius 3 is 2.50 bits per heavy atom. The van der Waals surface area contributed by atoms with Crippen LogP contribution in [0.2, 0.25) is 0 Å². The molecular formula is C15H23NO2. The molecule has 0 bridgehead atoms. The van der Waals surface area contributed by atoms with Crippen molar-refractivity contribution < 1.29 is 9.53 Å². The first-order valence-electron chi connectivity index (χ1n) is 6.63. The molecule has 3 nitrogen and oxygen atoms in total. The molecule has 0 heterocycles. The number of esters is 1. The van der Waals surface area contributed by atoms with Crippen LogP contribution in [-0.2, 0) is 16.1 Å². The predicted molar refractivity (Wildman–Crippen MR) is 73.2 cm³/mol. The lowest BCUT2D eigenvalue weighted by Crippen LogP contribution is -2.40. The molecule has 0 spiro atoms. The van der Waals surface area contributed by atoms with E-state index in [4.69, 9.17) is 4.74 Å². The second-order valence-corrected chi connectivity index (χ2v) is 4.38. The molecule has 1 rings (SSSR count). The van der Waals surface area contributed by atoms with Crippen LogP contribution >= 0.6 is 0 Å². The van der Waals surface area contributed by atoms with Gasteiger partial charge in [0, 0.05) is 6.54 Å². The summed E-state index contributed by atoms with van der Waals surface area (Å²) in [6, 6.07) is 10.0. The number of nitrogens with zero attached hydrogens (tertiary/aromatic N) is 1. The van der Waals surface area contributed by atoms with E-state index in [9.17, 15) is 4.79 Å². The SMILES string of the molecule is CCCN(Cc1ccccc1)C(C)C(=O)OCC. The van der Waals surface area contributed by atoms with Gasteiger partial charge < -0.3 is 4.74 Å². The van der Waals surface area contributed by atoms with Gasteiger partial charge in [-0.25, -0.2) is 0 Å². The van der Waals surface area contributed by atoms with Gasteiger partial charge in [0.25, 0.3) is 0 Å². The maximum atomic E-state index is 11.8. The quantitative estimate of drug-likeness (QED) is 0.696. The Bertz CT molecular complexity index is 351. The first-order valence-corrected chi connectivity index (χ1v) is 6.63. The fourth-order valence-corrected chi connectivity index (χ4v) is 1.93. The van der Waals surface area contributed by atoms with E-state index in [1.165, 1.54) is 5.56 Å². The van der Waals surface area contributed by atoms with E-state index >= 15 is 0 Å². The van der Waals surface area contributed by atoms with Crippen molar-refractivity contribution in [3.63, 3.8) is 0 Å². The second-order valence-electron chi connectivity index (χ2n) is 4.38. The summed E-state index contributed by atoms with van der Waals surface area (Å²) >= 11 is 0. The molecule has 18 heavy (non-hydrogen) atoms. The summed E-state index contributed by atoms with van der Waals surface area (Å²) < 4.78 is 5.09. The van der Waals surface area contributed by atoms with Crippen LogP contribution in [-0.4, -0.2) is 30.1 Å². The standard InChI is InChI=1S/C15H23NO2/c1-4-11-16(13(3)15(17)18-5-2)12-14-9-7-6-8-10-14/h6-10,13H,4-5,11-12H2,1-3H3. The minimum Gasteiger partial charge on any atom is -0.465 e. The van der Waals surface area contributed by atoms with Crippen LogP contribution in [0.15, 0.2) is 30.3 Å². The van der Waals surface area contributed by atoms with E-state index < -0.39 is 0 Å². The Balaban J connectivity index is 2.67. The number of benzene rings is 1. The van der Waals surface area contributed by atoms with Crippen molar-refractivity contribution in [2.75, 3.05) is 13.2 Å². The third kappa shape index (κ3) is 4.49. The molecule has 1 unspecified atom stereocenters. The Labute approximate surface area is 110 Å². The molecule has 0 amide bonds. The van der Waals surface area contributed by atoms with Crippen LogP contribution in [0.4, 0.5) is 0 Å². The molecule has 0 aromatic heterocycles. The summed E-state index contributed by atoms with van der Waals surface area (Å²) in [6.07, 6.45) is 1.02. The monoisotopic (exact) mass is 249 g/mol. The largest absolute Gasteiger partial charge is 0.465 e. The van der Waals surface area contributed by atoms with Gasteiger partial charge in [-0.3, -0.25) is 9.69 Å². The van der Waals surface area contributed by atoms with Crippen LogP contribution in [0.5, 0.6) is 0 Å². The molecule has 0 N–H and O–H groups in total. The van der Waals surface area contributed by atoms with Crippen molar-refractivity contribution in [2.45, 2.75) is 39.8 Å². The molecule has 1 aromatic carbocycles. The highest BCUT2D eigenvalue weighted by atomic mass is 16.5. The normalized spacial score (nSPS) is 12.4. The van der Waals surface area contributed by atoms with Gasteiger partial charge in [-0.15, -0.1) is 0 Å². The number of hydrogen-bond donors (Lipinski definition) is 0. The Kier molecular flexibility index (Phi) is 6.44. The zero-order chi connectivity index (χ0) is 13.4. The van der Waals surface area contributed by atoms with E-state index in [0.717, 1.165) is 19.5 Å². The fraction of sp³-hybridized carbons (Fsp3) is 0.533. The highest BCUT2D eigenvalue weighted by Crippen LogP contribution is 2.10. The van der Waals surface area contributed by atoms with Crippen LogP contribution in [0, 0.1) is 0 Å². The van der Waals surface area contributed by atoms with E-state index in [1.807, 2.05) is 32.0 Å². The number of carbonyl (C=O) groups is 1. The minimum absolute atomic E-state index is 0.137. The van der Waals surface area contributed by atoms with Crippen LogP contribution in [0.25, 0.3) is 0 Å². The van der Waals surface area contributed by atoms with Crippen molar-refractivity contribution >= 4 is 5.97 Å². The van der Waals surface area contributed by atoms with Gasteiger partial charge in [0.15, 0.2) is 0 Å². The van der Waals surface area contributed by atoms with Gasteiger partial charge in [-0.2, -0.15) is 0 Å². The van der Waals surface area contributed by atoms with Gasteiger partial charge in [-0.05, 0) is 32.4 Å². The smallest absolute Gasteiger partial charge is 0.323 e. The first-order chi connectivity index (χ1) is 8.69. The zero-order valence-corrected chi connectivity index (χ0v) is 11.6. The lowest BCUT2D eigenvalue weighted by atomic mass is 10.1. The van der Waals surface area contributed by atoms with Gasteiger partial charge in [0.05, 0.1) is 6.61 Å². The summed E-state index contributed by atoms with van der Waals surface area (Å²) in [5.41, 5.74) is 1.22. The fourth-order valence-electron chi connectivity index (χ4n) is 1.93. The van der Waals surface area contributed by atoms with Crippen molar-refractivity contribution in [3.8, 4) is 0 Å². The highest BCUT2D eigenvalue weighted by Gasteiger charge is 2.21. The number of hydrogen-bond acceptors (Lipinski definition) is 3. The third-order valence-electron chi connectivity index (χ3n) is 2.91. The maximum Gasteiger partial charge on any atom is 0.323 e. The lowest BCUT2D eigenvalue weighted by molar-refractivity contribution is -0.149. The van der Waals surface area contributed by atoms with Gasteiger partial charge in [-0.1, -0.05) is 37.3 Å². The van der Waals surface area contributed by atoms with E-state index in [2.05, 4.69) is 24.0 Å². The number of rotatable bonds is 7. The summed E-state index contributed by atoms with van der Waals surface area (Å²) in [4.78, 5) is 13.9. The molecular weight excluding hydrogens is 226 g/mol. The minimum atomic E-state index is -0.190. The Hall–Kier alpha value is -1.35. The number of ether oxygens (including phenoxy) is 1. The van der Waals surface area contributed by atoms with Crippen molar-refractivity contribution in [1.29, 1.82) is 0 Å². The van der Waals surface area contributed by atoms with E-state index in [0.29, 0.717) is 6.61 Å². The molecule has 1 atom stereocenters. The van der Waals surface area contributed by atoms with Crippen molar-refractivity contribution in [3.05, 3.63) is 35.9 Å². The molecule has 0 aliphatic rings. The molecule has 0 saturated carbocycles. The molecule has 0 saturated heterocycles. The average Bonchev–Trinajstić information content (AvgIpc) is 2.39. The summed E-state index contributed by atoms with van der Waals surface area (Å²) in [5.74, 6) is -0.137. The van der Waals surface area contributed by atoms with Crippen molar-refractivity contribution in [1.82, 2.24) is 4.90 Å². The van der Waals surface area contributed by atoms with Crippen LogP contribution in [0.1, 0.15) is 32.8 Å². The van der Waals surface area contributed by atoms with E-state index in [-0.39, 0.29) is 12.0 Å². The highest BCUT2D eigenvalue weighted by molar-refractivity contribution is 5.75. The Morgan fingerprint density at radius 2 is 1.94 bits per heavy atom. The molecule has 1 aromatic rings. The Morgan fingerprint density at radius 1 is 1.28 bits per heavy atom. The summed E-state index contributed by atoms with van der Waals surface area (Å²) in [5, 5.41) is 0. The van der Waals surface area contributed by atoms with Gasteiger partial charge in [0.1, 0.15) is 6.04 Å². The average molecular weight is 249 g/mol. The molecule has 0 aliphatic heterocycles. The molecule has 0 radical (unpaired) electrons. The van der Waals surface area contributed by atoms with Gasteiger partial charge in [0.2, 0.25) is 0 Å². The van der Waals surface area contributed by atoms with Crippen molar-refractivity contribution in [2.24, 2.45) is 0 Å². The third-order valence-corrected chi connectivity index (χ3v) is 2.91. The topological polar surface area (TPSA) is 29.5 Å². The second kappa shape index (κ2) is 7.88. The van der Waals surface area contributed by atoms with E-state index in [1.54, 1.807) is 0 Å². The summed E-state index contributed by atoms with van der Waals surface area (Å²) in [6.45, 7) is 8.00. The molecule has 0 fully saturated rings. The first kappa shape index (κ1) is 14.7. The lowest BCUT2D eigenvalue weighted by Gasteiger charge is -2.27. The zero-order valence-electron chi connectivity index (χ0n) is 11.6. The maximum absolute atomic E-state index is 11.8. The van der Waals surface area contributed by atoms with Gasteiger partial charge >= 0.3 is 5.97 Å². The number of carbonyl (C=O) groups excluding carboxylic acids is 1. The van der Waals surface area contributed by atoms with Crippen LogP contribution in [0.3, 0.4) is 0 Å².